The first-order chi connectivity index (χ1) is 14.0. The monoisotopic (exact) mass is 392 g/mol. The number of hydrogen-bond donors (Lipinski definition) is 1. The number of amides is 1. The molecule has 1 aromatic carbocycles. The molecule has 2 aromatic heterocycles. The van der Waals surface area contributed by atoms with Gasteiger partial charge in [-0.2, -0.15) is 5.10 Å². The van der Waals surface area contributed by atoms with Crippen molar-refractivity contribution in [1.82, 2.24) is 24.2 Å². The van der Waals surface area contributed by atoms with Gasteiger partial charge in [0.1, 0.15) is 5.82 Å². The normalized spacial score (nSPS) is 17.4. The number of piperidine rings is 1. The number of hydrogen-bond acceptors (Lipinski definition) is 4. The zero-order chi connectivity index (χ0) is 20.4. The lowest BCUT2D eigenvalue weighted by Gasteiger charge is -2.34. The molecule has 4 rings (SSSR count). The van der Waals surface area contributed by atoms with Crippen molar-refractivity contribution in [2.45, 2.75) is 45.7 Å². The number of aryl methyl sites for hydroxylation is 3. The molecule has 152 valence electrons. The molecule has 7 nitrogen and oxygen atoms in total. The van der Waals surface area contributed by atoms with E-state index < -0.39 is 0 Å². The quantitative estimate of drug-likeness (QED) is 0.724. The highest BCUT2D eigenvalue weighted by Gasteiger charge is 2.29. The molecule has 1 saturated heterocycles. The van der Waals surface area contributed by atoms with E-state index in [-0.39, 0.29) is 11.9 Å². The predicted molar refractivity (Wildman–Crippen MR) is 113 cm³/mol. The summed E-state index contributed by atoms with van der Waals surface area (Å²) in [6.45, 7) is 5.63. The van der Waals surface area contributed by atoms with Crippen molar-refractivity contribution in [1.29, 1.82) is 0 Å². The van der Waals surface area contributed by atoms with Gasteiger partial charge in [-0.15, -0.1) is 0 Å². The van der Waals surface area contributed by atoms with Gasteiger partial charge in [0, 0.05) is 30.8 Å². The molecule has 1 fully saturated rings. The first kappa shape index (κ1) is 19.4. The summed E-state index contributed by atoms with van der Waals surface area (Å²) >= 11 is 0. The summed E-state index contributed by atoms with van der Waals surface area (Å²) in [5.41, 5.74) is 3.88. The molecule has 1 aliphatic rings. The van der Waals surface area contributed by atoms with E-state index in [2.05, 4.69) is 26.4 Å². The Balaban J connectivity index is 1.44. The fraction of sp³-hybridized carbons (Fsp3) is 0.409. The van der Waals surface area contributed by atoms with Gasteiger partial charge in [-0.1, -0.05) is 6.42 Å². The zero-order valence-corrected chi connectivity index (χ0v) is 17.3. The molecular formula is C22H28N6O. The minimum Gasteiger partial charge on any atom is -0.337 e. The van der Waals surface area contributed by atoms with Crippen molar-refractivity contribution in [3.8, 4) is 5.69 Å². The van der Waals surface area contributed by atoms with E-state index in [0.29, 0.717) is 6.54 Å². The Morgan fingerprint density at radius 3 is 2.66 bits per heavy atom. The summed E-state index contributed by atoms with van der Waals surface area (Å²) in [6, 6.07) is 9.78. The SMILES string of the molecule is Cc1cc(C)n(-c2ccc(NC(=O)C3CCCCN3Cc3nccn3C)cc2)n1. The van der Waals surface area contributed by atoms with Gasteiger partial charge in [-0.05, 0) is 63.6 Å². The molecular weight excluding hydrogens is 364 g/mol. The number of benzene rings is 1. The molecule has 3 aromatic rings. The molecule has 1 unspecified atom stereocenters. The predicted octanol–water partition coefficient (Wildman–Crippen LogP) is 3.22. The standard InChI is InChI=1S/C22H28N6O/c1-16-14-17(2)28(25-16)19-9-7-18(8-10-19)24-22(29)20-6-4-5-12-27(20)15-21-23-11-13-26(21)3/h7-11,13-14,20H,4-6,12,15H2,1-3H3,(H,24,29). The van der Waals surface area contributed by atoms with Crippen molar-refractivity contribution in [3.05, 3.63) is 59.9 Å². The van der Waals surface area contributed by atoms with Gasteiger partial charge < -0.3 is 9.88 Å². The first-order valence-electron chi connectivity index (χ1n) is 10.2. The molecule has 7 heteroatoms. The third-order valence-corrected chi connectivity index (χ3v) is 5.57. The zero-order valence-electron chi connectivity index (χ0n) is 17.3. The largest absolute Gasteiger partial charge is 0.337 e. The fourth-order valence-electron chi connectivity index (χ4n) is 4.01. The lowest BCUT2D eigenvalue weighted by atomic mass is 10.0. The van der Waals surface area contributed by atoms with Crippen LogP contribution in [0.4, 0.5) is 5.69 Å². The van der Waals surface area contributed by atoms with Crippen LogP contribution in [0.15, 0.2) is 42.7 Å². The first-order valence-corrected chi connectivity index (χ1v) is 10.2. The summed E-state index contributed by atoms with van der Waals surface area (Å²) in [5, 5.41) is 7.61. The second-order valence-electron chi connectivity index (χ2n) is 7.81. The Kier molecular flexibility index (Phi) is 5.49. The van der Waals surface area contributed by atoms with E-state index in [0.717, 1.165) is 54.4 Å². The van der Waals surface area contributed by atoms with Crippen LogP contribution in [0.1, 0.15) is 36.5 Å². The van der Waals surface area contributed by atoms with E-state index >= 15 is 0 Å². The Morgan fingerprint density at radius 1 is 1.21 bits per heavy atom. The van der Waals surface area contributed by atoms with Crippen molar-refractivity contribution in [2.24, 2.45) is 7.05 Å². The maximum atomic E-state index is 13.0. The minimum absolute atomic E-state index is 0.0535. The van der Waals surface area contributed by atoms with Crippen molar-refractivity contribution in [3.63, 3.8) is 0 Å². The molecule has 3 heterocycles. The van der Waals surface area contributed by atoms with Crippen molar-refractivity contribution in [2.75, 3.05) is 11.9 Å². The van der Waals surface area contributed by atoms with Crippen LogP contribution in [-0.4, -0.2) is 42.7 Å². The van der Waals surface area contributed by atoms with E-state index in [9.17, 15) is 4.79 Å². The molecule has 0 spiro atoms. The molecule has 0 radical (unpaired) electrons. The third kappa shape index (κ3) is 4.24. The summed E-state index contributed by atoms with van der Waals surface area (Å²) in [5.74, 6) is 1.04. The number of carbonyl (C=O) groups is 1. The number of rotatable bonds is 5. The molecule has 0 saturated carbocycles. The second-order valence-corrected chi connectivity index (χ2v) is 7.81. The summed E-state index contributed by atoms with van der Waals surface area (Å²) in [6.07, 6.45) is 6.81. The highest BCUT2D eigenvalue weighted by Crippen LogP contribution is 2.22. The topological polar surface area (TPSA) is 68.0 Å². The third-order valence-electron chi connectivity index (χ3n) is 5.57. The number of nitrogens with zero attached hydrogens (tertiary/aromatic N) is 5. The number of carbonyl (C=O) groups excluding carboxylic acids is 1. The number of aromatic nitrogens is 4. The highest BCUT2D eigenvalue weighted by molar-refractivity contribution is 5.95. The van der Waals surface area contributed by atoms with Gasteiger partial charge in [-0.25, -0.2) is 9.67 Å². The number of likely N-dealkylation sites (tertiary alicyclic amines) is 1. The van der Waals surface area contributed by atoms with Gasteiger partial charge >= 0.3 is 0 Å². The summed E-state index contributed by atoms with van der Waals surface area (Å²) < 4.78 is 3.93. The van der Waals surface area contributed by atoms with Crippen LogP contribution in [0, 0.1) is 13.8 Å². The Hall–Kier alpha value is -2.93. The lowest BCUT2D eigenvalue weighted by molar-refractivity contribution is -0.122. The maximum absolute atomic E-state index is 13.0. The van der Waals surface area contributed by atoms with Gasteiger partial charge in [0.05, 0.1) is 24.0 Å². The summed E-state index contributed by atoms with van der Waals surface area (Å²) in [7, 11) is 1.99. The van der Waals surface area contributed by atoms with Crippen LogP contribution in [-0.2, 0) is 18.4 Å². The molecule has 0 aliphatic carbocycles. The number of nitrogens with one attached hydrogen (secondary N) is 1. The summed E-state index contributed by atoms with van der Waals surface area (Å²) in [4.78, 5) is 19.7. The molecule has 1 amide bonds. The highest BCUT2D eigenvalue weighted by atomic mass is 16.2. The van der Waals surface area contributed by atoms with Gasteiger partial charge in [0.2, 0.25) is 5.91 Å². The fourth-order valence-corrected chi connectivity index (χ4v) is 4.01. The van der Waals surface area contributed by atoms with Crippen molar-refractivity contribution >= 4 is 11.6 Å². The van der Waals surface area contributed by atoms with E-state index in [4.69, 9.17) is 0 Å². The Labute approximate surface area is 171 Å². The average Bonchev–Trinajstić information content (AvgIpc) is 3.27. The molecule has 1 aliphatic heterocycles. The number of anilines is 1. The number of imidazole rings is 1. The van der Waals surface area contributed by atoms with Crippen LogP contribution in [0.2, 0.25) is 0 Å². The van der Waals surface area contributed by atoms with Crippen LogP contribution in [0.25, 0.3) is 5.69 Å². The van der Waals surface area contributed by atoms with Crippen LogP contribution < -0.4 is 5.32 Å². The van der Waals surface area contributed by atoms with Gasteiger partial charge in [-0.3, -0.25) is 9.69 Å². The van der Waals surface area contributed by atoms with Gasteiger partial charge in [0.15, 0.2) is 0 Å². The van der Waals surface area contributed by atoms with Crippen LogP contribution in [0.5, 0.6) is 0 Å². The van der Waals surface area contributed by atoms with Crippen LogP contribution in [0.3, 0.4) is 0 Å². The molecule has 29 heavy (non-hydrogen) atoms. The average molecular weight is 393 g/mol. The minimum atomic E-state index is -0.129. The molecule has 0 bridgehead atoms. The van der Waals surface area contributed by atoms with Crippen molar-refractivity contribution < 1.29 is 4.79 Å². The van der Waals surface area contributed by atoms with Crippen LogP contribution >= 0.6 is 0 Å². The van der Waals surface area contributed by atoms with E-state index in [1.807, 2.05) is 60.6 Å². The smallest absolute Gasteiger partial charge is 0.241 e. The second kappa shape index (κ2) is 8.21. The Morgan fingerprint density at radius 2 is 2.00 bits per heavy atom. The maximum Gasteiger partial charge on any atom is 0.241 e. The van der Waals surface area contributed by atoms with E-state index in [1.165, 1.54) is 0 Å². The Bertz CT molecular complexity index is 987. The lowest BCUT2D eigenvalue weighted by Crippen LogP contribution is -2.46. The molecule has 1 N–H and O–H groups in total. The van der Waals surface area contributed by atoms with Gasteiger partial charge in [0.25, 0.3) is 0 Å². The van der Waals surface area contributed by atoms with E-state index in [1.54, 1.807) is 6.20 Å². The molecule has 1 atom stereocenters.